The summed E-state index contributed by atoms with van der Waals surface area (Å²) in [5, 5.41) is 2.79. The number of carbonyl (C=O) groups excluding carboxylic acids is 2. The van der Waals surface area contributed by atoms with Crippen LogP contribution in [0.25, 0.3) is 10.6 Å². The summed E-state index contributed by atoms with van der Waals surface area (Å²) in [5.74, 6) is -2.13. The number of nitrogens with two attached hydrogens (primary N) is 3. The van der Waals surface area contributed by atoms with Crippen LogP contribution in [0, 0.1) is 23.5 Å². The molecule has 9 nitrogen and oxygen atoms in total. The zero-order chi connectivity index (χ0) is 26.0. The number of rotatable bonds is 6. The lowest BCUT2D eigenvalue weighted by molar-refractivity contribution is 0.0872. The van der Waals surface area contributed by atoms with Crippen LogP contribution in [0.1, 0.15) is 41.7 Å². The molecule has 0 unspecified atom stereocenters. The van der Waals surface area contributed by atoms with Gasteiger partial charge in [0.15, 0.2) is 5.69 Å². The Kier molecular flexibility index (Phi) is 7.45. The molecule has 1 saturated carbocycles. The smallest absolute Gasteiger partial charge is 0.404 e. The summed E-state index contributed by atoms with van der Waals surface area (Å²) in [6, 6.07) is 5.02. The van der Waals surface area contributed by atoms with Crippen molar-refractivity contribution < 1.29 is 23.1 Å². The number of nitrogen functional groups attached to an aromatic ring is 1. The van der Waals surface area contributed by atoms with Crippen LogP contribution in [-0.4, -0.2) is 34.6 Å². The number of nitrogens with zero attached hydrogens (tertiary/aromatic N) is 2. The second-order valence-corrected chi connectivity index (χ2v) is 9.88. The summed E-state index contributed by atoms with van der Waals surface area (Å²) >= 11 is 0.823. The fourth-order valence-electron chi connectivity index (χ4n) is 4.72. The number of aromatic nitrogens is 2. The molecule has 190 valence electrons. The molecular weight excluding hydrogens is 490 g/mol. The fourth-order valence-corrected chi connectivity index (χ4v) is 5.59. The van der Waals surface area contributed by atoms with Crippen LogP contribution in [0.2, 0.25) is 0 Å². The van der Waals surface area contributed by atoms with Crippen molar-refractivity contribution in [2.24, 2.45) is 23.3 Å². The molecule has 0 aliphatic heterocycles. The van der Waals surface area contributed by atoms with E-state index < -0.39 is 23.6 Å². The lowest BCUT2D eigenvalue weighted by atomic mass is 9.70. The molecule has 3 aromatic rings. The molecule has 1 aliphatic rings. The van der Waals surface area contributed by atoms with Crippen molar-refractivity contribution in [1.82, 2.24) is 9.97 Å². The van der Waals surface area contributed by atoms with Crippen LogP contribution >= 0.6 is 11.3 Å². The number of hydrogen-bond acceptors (Lipinski definition) is 8. The predicted molar refractivity (Wildman–Crippen MR) is 132 cm³/mol. The third-order valence-corrected chi connectivity index (χ3v) is 7.40. The Bertz CT molecular complexity index is 1250. The minimum atomic E-state index is -0.835. The molecule has 0 radical (unpaired) electrons. The molecular formula is C24H26F2N6O3S. The van der Waals surface area contributed by atoms with E-state index in [1.807, 2.05) is 13.0 Å². The van der Waals surface area contributed by atoms with E-state index in [2.05, 4.69) is 15.3 Å². The Morgan fingerprint density at radius 3 is 2.61 bits per heavy atom. The van der Waals surface area contributed by atoms with Crippen LogP contribution < -0.4 is 22.5 Å². The molecule has 0 saturated heterocycles. The summed E-state index contributed by atoms with van der Waals surface area (Å²) in [7, 11) is 0. The summed E-state index contributed by atoms with van der Waals surface area (Å²) in [4.78, 5) is 32.3. The minimum Gasteiger partial charge on any atom is -0.449 e. The first-order valence-corrected chi connectivity index (χ1v) is 12.1. The maximum atomic E-state index is 14.2. The highest BCUT2D eigenvalue weighted by molar-refractivity contribution is 7.19. The second-order valence-electron chi connectivity index (χ2n) is 8.85. The first-order chi connectivity index (χ1) is 17.2. The highest BCUT2D eigenvalue weighted by Crippen LogP contribution is 2.41. The van der Waals surface area contributed by atoms with Gasteiger partial charge in [0.1, 0.15) is 21.6 Å². The van der Waals surface area contributed by atoms with Gasteiger partial charge in [-0.2, -0.15) is 0 Å². The van der Waals surface area contributed by atoms with Crippen LogP contribution in [0.5, 0.6) is 0 Å². The Morgan fingerprint density at radius 1 is 1.22 bits per heavy atom. The molecule has 1 fully saturated rings. The number of ether oxygens (including phenoxy) is 1. The zero-order valence-electron chi connectivity index (χ0n) is 19.4. The highest BCUT2D eigenvalue weighted by Gasteiger charge is 2.36. The molecule has 2 amide bonds. The quantitative estimate of drug-likeness (QED) is 0.387. The molecule has 4 rings (SSSR count). The Labute approximate surface area is 210 Å². The van der Waals surface area contributed by atoms with Crippen molar-refractivity contribution in [3.05, 3.63) is 59.6 Å². The van der Waals surface area contributed by atoms with Crippen molar-refractivity contribution in [1.29, 1.82) is 0 Å². The second kappa shape index (κ2) is 10.5. The third-order valence-electron chi connectivity index (χ3n) is 6.50. The zero-order valence-corrected chi connectivity index (χ0v) is 20.2. The molecule has 0 spiro atoms. The number of carbonyl (C=O) groups is 2. The van der Waals surface area contributed by atoms with Gasteiger partial charge in [0.2, 0.25) is 0 Å². The molecule has 36 heavy (non-hydrogen) atoms. The van der Waals surface area contributed by atoms with E-state index in [9.17, 15) is 18.4 Å². The Morgan fingerprint density at radius 2 is 1.94 bits per heavy atom. The molecule has 12 heteroatoms. The topological polar surface area (TPSA) is 159 Å². The molecule has 0 bridgehead atoms. The van der Waals surface area contributed by atoms with Gasteiger partial charge in [-0.05, 0) is 48.4 Å². The lowest BCUT2D eigenvalue weighted by Crippen LogP contribution is -2.43. The van der Waals surface area contributed by atoms with E-state index in [1.165, 1.54) is 12.3 Å². The molecule has 4 atom stereocenters. The first-order valence-electron chi connectivity index (χ1n) is 11.3. The molecule has 1 aliphatic carbocycles. The normalized spacial score (nSPS) is 21.7. The van der Waals surface area contributed by atoms with Gasteiger partial charge in [-0.1, -0.05) is 24.3 Å². The monoisotopic (exact) mass is 516 g/mol. The van der Waals surface area contributed by atoms with Crippen LogP contribution in [0.3, 0.4) is 0 Å². The first kappa shape index (κ1) is 25.5. The number of halogens is 2. The number of benzene rings is 1. The van der Waals surface area contributed by atoms with Gasteiger partial charge in [0.25, 0.3) is 5.91 Å². The van der Waals surface area contributed by atoms with E-state index in [1.54, 1.807) is 6.20 Å². The SMILES string of the molecule is C[C@@H]1C[C@H](c2ccncc2NC(=O)c2nc(-c3c(F)cccc3F)sc2N)C[C@@H](N)[C@@H]1COC(N)=O. The summed E-state index contributed by atoms with van der Waals surface area (Å²) in [6.45, 7) is 2.18. The number of anilines is 2. The van der Waals surface area contributed by atoms with Gasteiger partial charge < -0.3 is 27.3 Å². The van der Waals surface area contributed by atoms with Crippen LogP contribution in [-0.2, 0) is 4.74 Å². The van der Waals surface area contributed by atoms with Crippen molar-refractivity contribution in [3.8, 4) is 10.6 Å². The summed E-state index contributed by atoms with van der Waals surface area (Å²) in [6.07, 6.45) is 3.64. The van der Waals surface area contributed by atoms with Gasteiger partial charge in [-0.3, -0.25) is 9.78 Å². The molecule has 2 heterocycles. The third kappa shape index (κ3) is 5.29. The Hall–Kier alpha value is -3.64. The maximum absolute atomic E-state index is 14.2. The number of nitrogens with one attached hydrogen (secondary N) is 1. The van der Waals surface area contributed by atoms with E-state index in [0.717, 1.165) is 35.5 Å². The average Bonchev–Trinajstić information content (AvgIpc) is 3.19. The fraction of sp³-hybridized carbons (Fsp3) is 0.333. The van der Waals surface area contributed by atoms with E-state index in [0.29, 0.717) is 12.1 Å². The Balaban J connectivity index is 1.54. The molecule has 7 N–H and O–H groups in total. The van der Waals surface area contributed by atoms with Gasteiger partial charge in [0.05, 0.1) is 24.1 Å². The standard InChI is InChI=1S/C24H26F2N6O3S/c1-11-7-12(8-17(27)14(11)10-35-24(29)34)13-5-6-30-9-18(13)31-22(33)20-21(28)36-23(32-20)19-15(25)3-2-4-16(19)26/h2-6,9,11-12,14,17H,7-8,10,27-28H2,1H3,(H2,29,34)(H,31,33)/t11-,12+,14-,17-/m1/s1. The molecule has 2 aromatic heterocycles. The van der Waals surface area contributed by atoms with Gasteiger partial charge in [-0.25, -0.2) is 18.6 Å². The van der Waals surface area contributed by atoms with Crippen molar-refractivity contribution in [2.75, 3.05) is 17.7 Å². The van der Waals surface area contributed by atoms with Gasteiger partial charge in [-0.15, -0.1) is 0 Å². The van der Waals surface area contributed by atoms with Crippen molar-refractivity contribution >= 4 is 34.0 Å². The van der Waals surface area contributed by atoms with E-state index >= 15 is 0 Å². The van der Waals surface area contributed by atoms with E-state index in [-0.39, 0.29) is 51.7 Å². The number of thiazole rings is 1. The maximum Gasteiger partial charge on any atom is 0.404 e. The van der Waals surface area contributed by atoms with Gasteiger partial charge >= 0.3 is 6.09 Å². The number of pyridine rings is 1. The molecule has 1 aromatic carbocycles. The predicted octanol–water partition coefficient (Wildman–Crippen LogP) is 3.87. The lowest BCUT2D eigenvalue weighted by Gasteiger charge is -2.39. The largest absolute Gasteiger partial charge is 0.449 e. The average molecular weight is 517 g/mol. The van der Waals surface area contributed by atoms with Crippen LogP contribution in [0.15, 0.2) is 36.7 Å². The van der Waals surface area contributed by atoms with E-state index in [4.69, 9.17) is 21.9 Å². The minimum absolute atomic E-state index is 0.00832. The van der Waals surface area contributed by atoms with Crippen molar-refractivity contribution in [3.63, 3.8) is 0 Å². The number of amides is 2. The van der Waals surface area contributed by atoms with Crippen molar-refractivity contribution in [2.45, 2.75) is 31.7 Å². The summed E-state index contributed by atoms with van der Waals surface area (Å²) in [5.41, 5.74) is 18.3. The highest BCUT2D eigenvalue weighted by atomic mass is 32.1. The van der Waals surface area contributed by atoms with Gasteiger partial charge in [0, 0.05) is 18.2 Å². The number of primary amides is 1. The van der Waals surface area contributed by atoms with Crippen LogP contribution in [0.4, 0.5) is 24.3 Å². The summed E-state index contributed by atoms with van der Waals surface area (Å²) < 4.78 is 33.4. The number of hydrogen-bond donors (Lipinski definition) is 4.